The lowest BCUT2D eigenvalue weighted by Crippen LogP contribution is -2.08. The Morgan fingerprint density at radius 2 is 1.95 bits per heavy atom. The molecule has 1 rings (SSSR count). The van der Waals surface area contributed by atoms with E-state index in [-0.39, 0.29) is 18.0 Å². The highest BCUT2D eigenvalue weighted by Gasteiger charge is 2.10. The number of aliphatic carboxylic acids is 1. The summed E-state index contributed by atoms with van der Waals surface area (Å²) >= 11 is 0. The van der Waals surface area contributed by atoms with Gasteiger partial charge in [-0.2, -0.15) is 0 Å². The van der Waals surface area contributed by atoms with Crippen LogP contribution in [0.2, 0.25) is 0 Å². The lowest BCUT2D eigenvalue weighted by Gasteiger charge is -2.12. The van der Waals surface area contributed by atoms with Gasteiger partial charge < -0.3 is 14.6 Å². The van der Waals surface area contributed by atoms with E-state index in [0.717, 1.165) is 12.8 Å². The molecule has 0 saturated carbocycles. The molecule has 120 valence electrons. The number of benzene rings is 1. The van der Waals surface area contributed by atoms with Crippen LogP contribution in [-0.4, -0.2) is 23.7 Å². The summed E-state index contributed by atoms with van der Waals surface area (Å²) in [6.45, 7) is 5.80. The van der Waals surface area contributed by atoms with Crippen LogP contribution in [-0.2, 0) is 9.59 Å². The molecular weight excluding hydrogens is 284 g/mol. The van der Waals surface area contributed by atoms with Gasteiger partial charge in [-0.3, -0.25) is 4.79 Å². The maximum Gasteiger partial charge on any atom is 0.331 e. The Bertz CT molecular complexity index is 560. The van der Waals surface area contributed by atoms with Crippen molar-refractivity contribution in [2.24, 2.45) is 0 Å². The standard InChI is InChI=1S/C17H22O5/c1-4-6-9-21-15-11-13(10-12(3)17(19)20)7-8-14(15)22-16(18)5-2/h7-8,10-11H,4-6,9H2,1-3H3,(H,19,20)/b12-10+. The molecule has 1 aromatic rings. The largest absolute Gasteiger partial charge is 0.490 e. The third-order valence-corrected chi connectivity index (χ3v) is 2.96. The van der Waals surface area contributed by atoms with Crippen LogP contribution >= 0.6 is 0 Å². The summed E-state index contributed by atoms with van der Waals surface area (Å²) < 4.78 is 10.9. The highest BCUT2D eigenvalue weighted by molar-refractivity contribution is 5.91. The quantitative estimate of drug-likeness (QED) is 0.343. The van der Waals surface area contributed by atoms with E-state index >= 15 is 0 Å². The average molecular weight is 306 g/mol. The van der Waals surface area contributed by atoms with Crippen LogP contribution in [0.3, 0.4) is 0 Å². The maximum atomic E-state index is 11.4. The molecule has 5 heteroatoms. The Morgan fingerprint density at radius 1 is 1.23 bits per heavy atom. The third-order valence-electron chi connectivity index (χ3n) is 2.96. The molecule has 0 bridgehead atoms. The van der Waals surface area contributed by atoms with Crippen LogP contribution in [0.5, 0.6) is 11.5 Å². The van der Waals surface area contributed by atoms with Crippen LogP contribution in [0.1, 0.15) is 45.6 Å². The molecule has 0 aliphatic rings. The van der Waals surface area contributed by atoms with Gasteiger partial charge in [-0.1, -0.05) is 26.3 Å². The molecule has 0 radical (unpaired) electrons. The SMILES string of the molecule is CCCCOc1cc(/C=C(\C)C(=O)O)ccc1OC(=O)CC. The topological polar surface area (TPSA) is 72.8 Å². The van der Waals surface area contributed by atoms with Gasteiger partial charge in [-0.15, -0.1) is 0 Å². The summed E-state index contributed by atoms with van der Waals surface area (Å²) in [5.41, 5.74) is 0.903. The van der Waals surface area contributed by atoms with Gasteiger partial charge in [0.15, 0.2) is 11.5 Å². The molecule has 0 aliphatic heterocycles. The number of carboxylic acids is 1. The maximum absolute atomic E-state index is 11.4. The molecule has 0 fully saturated rings. The molecular formula is C17H22O5. The van der Waals surface area contributed by atoms with E-state index in [1.807, 2.05) is 0 Å². The van der Waals surface area contributed by atoms with Gasteiger partial charge >= 0.3 is 11.9 Å². The first-order chi connectivity index (χ1) is 10.5. The fraction of sp³-hybridized carbons (Fsp3) is 0.412. The van der Waals surface area contributed by atoms with Crippen molar-refractivity contribution in [2.45, 2.75) is 40.0 Å². The fourth-order valence-electron chi connectivity index (χ4n) is 1.64. The van der Waals surface area contributed by atoms with Crippen molar-refractivity contribution in [3.05, 3.63) is 29.3 Å². The van der Waals surface area contributed by atoms with E-state index < -0.39 is 5.97 Å². The summed E-state index contributed by atoms with van der Waals surface area (Å²) in [4.78, 5) is 22.3. The number of hydrogen-bond acceptors (Lipinski definition) is 4. The molecule has 0 atom stereocenters. The number of hydrogen-bond donors (Lipinski definition) is 1. The van der Waals surface area contributed by atoms with Gasteiger partial charge in [0.25, 0.3) is 0 Å². The lowest BCUT2D eigenvalue weighted by atomic mass is 10.1. The molecule has 0 aromatic heterocycles. The third kappa shape index (κ3) is 5.60. The van der Waals surface area contributed by atoms with Crippen molar-refractivity contribution >= 4 is 18.0 Å². The van der Waals surface area contributed by atoms with Gasteiger partial charge in [0.2, 0.25) is 0 Å². The first-order valence-corrected chi connectivity index (χ1v) is 7.37. The van der Waals surface area contributed by atoms with E-state index in [2.05, 4.69) is 6.92 Å². The van der Waals surface area contributed by atoms with E-state index in [1.165, 1.54) is 6.92 Å². The molecule has 0 amide bonds. The van der Waals surface area contributed by atoms with Crippen molar-refractivity contribution in [1.82, 2.24) is 0 Å². The zero-order valence-corrected chi connectivity index (χ0v) is 13.2. The smallest absolute Gasteiger partial charge is 0.331 e. The minimum absolute atomic E-state index is 0.220. The van der Waals surface area contributed by atoms with Crippen LogP contribution in [0, 0.1) is 0 Å². The van der Waals surface area contributed by atoms with E-state index in [9.17, 15) is 9.59 Å². The van der Waals surface area contributed by atoms with Gasteiger partial charge in [0.05, 0.1) is 6.61 Å². The number of carboxylic acid groups (broad SMARTS) is 1. The van der Waals surface area contributed by atoms with Crippen LogP contribution in [0.15, 0.2) is 23.8 Å². The Kier molecular flexibility index (Phi) is 7.16. The van der Waals surface area contributed by atoms with Crippen LogP contribution < -0.4 is 9.47 Å². The lowest BCUT2D eigenvalue weighted by molar-refractivity contribution is -0.134. The Hall–Kier alpha value is -2.30. The molecule has 0 unspecified atom stereocenters. The van der Waals surface area contributed by atoms with Gasteiger partial charge in [-0.05, 0) is 37.1 Å². The zero-order chi connectivity index (χ0) is 16.5. The van der Waals surface area contributed by atoms with Gasteiger partial charge in [0.1, 0.15) is 0 Å². The van der Waals surface area contributed by atoms with Crippen molar-refractivity contribution < 1.29 is 24.2 Å². The number of esters is 1. The van der Waals surface area contributed by atoms with Crippen molar-refractivity contribution in [3.63, 3.8) is 0 Å². The fourth-order valence-corrected chi connectivity index (χ4v) is 1.64. The highest BCUT2D eigenvalue weighted by atomic mass is 16.6. The number of carbonyl (C=O) groups excluding carboxylic acids is 1. The van der Waals surface area contributed by atoms with Crippen molar-refractivity contribution in [2.75, 3.05) is 6.61 Å². The molecule has 22 heavy (non-hydrogen) atoms. The molecule has 5 nitrogen and oxygen atoms in total. The van der Waals surface area contributed by atoms with Crippen LogP contribution in [0.25, 0.3) is 6.08 Å². The monoisotopic (exact) mass is 306 g/mol. The summed E-state index contributed by atoms with van der Waals surface area (Å²) in [5, 5.41) is 8.92. The summed E-state index contributed by atoms with van der Waals surface area (Å²) in [6.07, 6.45) is 3.69. The molecule has 0 heterocycles. The van der Waals surface area contributed by atoms with Gasteiger partial charge in [0, 0.05) is 12.0 Å². The minimum Gasteiger partial charge on any atom is -0.490 e. The number of rotatable bonds is 8. The van der Waals surface area contributed by atoms with E-state index in [1.54, 1.807) is 31.2 Å². The molecule has 0 spiro atoms. The Labute approximate surface area is 130 Å². The predicted octanol–water partition coefficient (Wildman–Crippen LogP) is 3.67. The van der Waals surface area contributed by atoms with E-state index in [4.69, 9.17) is 14.6 Å². The average Bonchev–Trinajstić information content (AvgIpc) is 2.49. The van der Waals surface area contributed by atoms with Gasteiger partial charge in [-0.25, -0.2) is 4.79 Å². The van der Waals surface area contributed by atoms with Crippen molar-refractivity contribution in [3.8, 4) is 11.5 Å². The molecule has 1 N–H and O–H groups in total. The van der Waals surface area contributed by atoms with Crippen molar-refractivity contribution in [1.29, 1.82) is 0 Å². The predicted molar refractivity (Wildman–Crippen MR) is 84.1 cm³/mol. The van der Waals surface area contributed by atoms with Crippen LogP contribution in [0.4, 0.5) is 0 Å². The Morgan fingerprint density at radius 3 is 2.55 bits per heavy atom. The van der Waals surface area contributed by atoms with E-state index in [0.29, 0.717) is 23.7 Å². The number of unbranched alkanes of at least 4 members (excludes halogenated alkanes) is 1. The second-order valence-electron chi connectivity index (χ2n) is 4.87. The second-order valence-corrected chi connectivity index (χ2v) is 4.87. The Balaban J connectivity index is 3.04. The minimum atomic E-state index is -0.977. The summed E-state index contributed by atoms with van der Waals surface area (Å²) in [6, 6.07) is 4.99. The number of ether oxygens (including phenoxy) is 2. The first-order valence-electron chi connectivity index (χ1n) is 7.37. The first kappa shape index (κ1) is 17.8. The normalized spacial score (nSPS) is 11.1. The molecule has 1 aromatic carbocycles. The summed E-state index contributed by atoms with van der Waals surface area (Å²) in [5.74, 6) is -0.518. The number of carbonyl (C=O) groups is 2. The molecule has 0 saturated heterocycles. The highest BCUT2D eigenvalue weighted by Crippen LogP contribution is 2.30. The second kappa shape index (κ2) is 8.87. The molecule has 0 aliphatic carbocycles. The summed E-state index contributed by atoms with van der Waals surface area (Å²) in [7, 11) is 0. The zero-order valence-electron chi connectivity index (χ0n) is 13.2.